The van der Waals surface area contributed by atoms with Crippen LogP contribution in [0.15, 0.2) is 15.9 Å². The molecule has 124 valence electrons. The summed E-state index contributed by atoms with van der Waals surface area (Å²) in [6.07, 6.45) is 2.59. The lowest BCUT2D eigenvalue weighted by atomic mass is 9.79. The number of halogens is 1. The van der Waals surface area contributed by atoms with Crippen molar-refractivity contribution in [3.05, 3.63) is 20.8 Å². The number of ether oxygens (including phenoxy) is 1. The van der Waals surface area contributed by atoms with Crippen molar-refractivity contribution in [2.24, 2.45) is 11.3 Å². The Labute approximate surface area is 144 Å². The highest BCUT2D eigenvalue weighted by Gasteiger charge is 2.45. The Bertz CT molecular complexity index is 522. The standard InChI is InChI=1S/C16H24BrNO3S/c1-15(2,3)21-14(20)18-9-16(10-19,11-4-5-11)7-13-6-12(17)8-22-13/h6,8,11,19H,4-5,7,9-10H2,1-3H3,(H,18,20). The summed E-state index contributed by atoms with van der Waals surface area (Å²) in [6.45, 7) is 6.05. The normalized spacial score (nSPS) is 17.9. The van der Waals surface area contributed by atoms with E-state index in [2.05, 4.69) is 27.3 Å². The zero-order chi connectivity index (χ0) is 16.4. The number of alkyl carbamates (subject to hydrolysis) is 1. The van der Waals surface area contributed by atoms with Crippen LogP contribution in [-0.2, 0) is 11.2 Å². The first-order valence-electron chi connectivity index (χ1n) is 7.55. The van der Waals surface area contributed by atoms with Gasteiger partial charge in [-0.1, -0.05) is 0 Å². The predicted molar refractivity (Wildman–Crippen MR) is 92.2 cm³/mol. The van der Waals surface area contributed by atoms with E-state index in [1.807, 2.05) is 26.2 Å². The number of rotatable bonds is 6. The van der Waals surface area contributed by atoms with Crippen LogP contribution >= 0.6 is 27.3 Å². The molecule has 6 heteroatoms. The van der Waals surface area contributed by atoms with E-state index in [1.54, 1.807) is 11.3 Å². The molecule has 1 heterocycles. The van der Waals surface area contributed by atoms with Gasteiger partial charge in [0.05, 0.1) is 6.61 Å². The highest BCUT2D eigenvalue weighted by molar-refractivity contribution is 9.10. The molecule has 0 bridgehead atoms. The summed E-state index contributed by atoms with van der Waals surface area (Å²) in [5.41, 5.74) is -0.800. The molecule has 0 saturated heterocycles. The van der Waals surface area contributed by atoms with Gasteiger partial charge in [-0.2, -0.15) is 0 Å². The Kier molecular flexibility index (Phi) is 5.56. The summed E-state index contributed by atoms with van der Waals surface area (Å²) < 4.78 is 6.36. The van der Waals surface area contributed by atoms with Crippen LogP contribution in [0.4, 0.5) is 4.79 Å². The van der Waals surface area contributed by atoms with Crippen LogP contribution in [0.5, 0.6) is 0 Å². The fourth-order valence-corrected chi connectivity index (χ4v) is 4.25. The van der Waals surface area contributed by atoms with Crippen molar-refractivity contribution in [1.82, 2.24) is 5.32 Å². The highest BCUT2D eigenvalue weighted by Crippen LogP contribution is 2.47. The minimum absolute atomic E-state index is 0.0724. The third-order valence-electron chi connectivity index (χ3n) is 3.89. The molecule has 1 aromatic rings. The molecule has 0 aliphatic heterocycles. The maximum atomic E-state index is 11.9. The van der Waals surface area contributed by atoms with Crippen LogP contribution in [0.1, 0.15) is 38.5 Å². The summed E-state index contributed by atoms with van der Waals surface area (Å²) in [4.78, 5) is 13.1. The number of aliphatic hydroxyl groups is 1. The lowest BCUT2D eigenvalue weighted by Gasteiger charge is -2.32. The maximum Gasteiger partial charge on any atom is 0.407 e. The zero-order valence-electron chi connectivity index (χ0n) is 13.3. The van der Waals surface area contributed by atoms with Gasteiger partial charge in [-0.15, -0.1) is 11.3 Å². The van der Waals surface area contributed by atoms with E-state index in [9.17, 15) is 9.90 Å². The molecule has 2 rings (SSSR count). The number of aliphatic hydroxyl groups excluding tert-OH is 1. The van der Waals surface area contributed by atoms with Crippen LogP contribution in [-0.4, -0.2) is 30.0 Å². The van der Waals surface area contributed by atoms with Crippen molar-refractivity contribution in [1.29, 1.82) is 0 Å². The van der Waals surface area contributed by atoms with Crippen molar-refractivity contribution in [3.8, 4) is 0 Å². The molecule has 0 spiro atoms. The van der Waals surface area contributed by atoms with E-state index in [0.29, 0.717) is 12.5 Å². The van der Waals surface area contributed by atoms with Gasteiger partial charge in [0.2, 0.25) is 0 Å². The Hall–Kier alpha value is -0.590. The summed E-state index contributed by atoms with van der Waals surface area (Å²) >= 11 is 5.15. The van der Waals surface area contributed by atoms with Crippen LogP contribution < -0.4 is 5.32 Å². The summed E-state index contributed by atoms with van der Waals surface area (Å²) in [5.74, 6) is 0.466. The van der Waals surface area contributed by atoms with Crippen molar-refractivity contribution in [2.75, 3.05) is 13.2 Å². The first-order chi connectivity index (χ1) is 10.2. The molecule has 1 saturated carbocycles. The minimum atomic E-state index is -0.510. The topological polar surface area (TPSA) is 58.6 Å². The van der Waals surface area contributed by atoms with Gasteiger partial charge >= 0.3 is 6.09 Å². The minimum Gasteiger partial charge on any atom is -0.444 e. The second kappa shape index (κ2) is 6.89. The first-order valence-corrected chi connectivity index (χ1v) is 9.22. The quantitative estimate of drug-likeness (QED) is 0.773. The molecule has 0 radical (unpaired) electrons. The van der Waals surface area contributed by atoms with Gasteiger partial charge in [-0.25, -0.2) is 4.79 Å². The van der Waals surface area contributed by atoms with E-state index >= 15 is 0 Å². The molecule has 1 aromatic heterocycles. The largest absolute Gasteiger partial charge is 0.444 e. The third kappa shape index (κ3) is 4.96. The van der Waals surface area contributed by atoms with Gasteiger partial charge in [0.15, 0.2) is 0 Å². The van der Waals surface area contributed by atoms with Crippen molar-refractivity contribution >= 4 is 33.4 Å². The molecule has 4 nitrogen and oxygen atoms in total. The molecular weight excluding hydrogens is 366 g/mol. The lowest BCUT2D eigenvalue weighted by Crippen LogP contribution is -2.44. The Morgan fingerprint density at radius 3 is 2.64 bits per heavy atom. The average Bonchev–Trinajstić information content (AvgIpc) is 3.17. The van der Waals surface area contributed by atoms with Gasteiger partial charge in [-0.05, 0) is 67.9 Å². The molecule has 1 fully saturated rings. The van der Waals surface area contributed by atoms with E-state index in [4.69, 9.17) is 4.74 Å². The van der Waals surface area contributed by atoms with Gasteiger partial charge in [0.25, 0.3) is 0 Å². The van der Waals surface area contributed by atoms with Crippen LogP contribution in [0, 0.1) is 11.3 Å². The zero-order valence-corrected chi connectivity index (χ0v) is 15.7. The SMILES string of the molecule is CC(C)(C)OC(=O)NCC(CO)(Cc1cc(Br)cs1)C1CC1. The average molecular weight is 390 g/mol. The molecule has 22 heavy (non-hydrogen) atoms. The Morgan fingerprint density at radius 1 is 1.50 bits per heavy atom. The molecule has 1 atom stereocenters. The van der Waals surface area contributed by atoms with Gasteiger partial charge < -0.3 is 15.2 Å². The molecule has 1 aliphatic rings. The molecular formula is C16H24BrNO3S. The lowest BCUT2D eigenvalue weighted by molar-refractivity contribution is 0.0441. The van der Waals surface area contributed by atoms with Crippen molar-refractivity contribution in [3.63, 3.8) is 0 Å². The van der Waals surface area contributed by atoms with E-state index in [0.717, 1.165) is 23.7 Å². The number of hydrogen-bond acceptors (Lipinski definition) is 4. The predicted octanol–water partition coefficient (Wildman–Crippen LogP) is 3.97. The number of nitrogens with one attached hydrogen (secondary N) is 1. The second-order valence-electron chi connectivity index (χ2n) is 7.06. The number of carbonyl (C=O) groups is 1. The van der Waals surface area contributed by atoms with E-state index in [-0.39, 0.29) is 12.0 Å². The highest BCUT2D eigenvalue weighted by atomic mass is 79.9. The smallest absolute Gasteiger partial charge is 0.407 e. The third-order valence-corrected chi connectivity index (χ3v) is 5.59. The fourth-order valence-electron chi connectivity index (χ4n) is 2.64. The first kappa shape index (κ1) is 17.8. The number of thiophene rings is 1. The molecule has 1 amide bonds. The van der Waals surface area contributed by atoms with Crippen LogP contribution in [0.3, 0.4) is 0 Å². The van der Waals surface area contributed by atoms with Gasteiger partial charge in [0, 0.05) is 26.7 Å². The van der Waals surface area contributed by atoms with Gasteiger partial charge in [-0.3, -0.25) is 0 Å². The molecule has 0 aromatic carbocycles. The Morgan fingerprint density at radius 2 is 2.18 bits per heavy atom. The van der Waals surface area contributed by atoms with E-state index in [1.165, 1.54) is 4.88 Å². The molecule has 1 aliphatic carbocycles. The maximum absolute atomic E-state index is 11.9. The second-order valence-corrected chi connectivity index (χ2v) is 8.97. The molecule has 2 N–H and O–H groups in total. The van der Waals surface area contributed by atoms with Crippen LogP contribution in [0.25, 0.3) is 0 Å². The molecule has 1 unspecified atom stereocenters. The summed E-state index contributed by atoms with van der Waals surface area (Å²) in [5, 5.41) is 14.9. The monoisotopic (exact) mass is 389 g/mol. The van der Waals surface area contributed by atoms with Crippen molar-refractivity contribution in [2.45, 2.75) is 45.6 Å². The summed E-state index contributed by atoms with van der Waals surface area (Å²) in [6, 6.07) is 2.09. The Balaban J connectivity index is 2.01. The van der Waals surface area contributed by atoms with E-state index < -0.39 is 11.7 Å². The van der Waals surface area contributed by atoms with Crippen molar-refractivity contribution < 1.29 is 14.6 Å². The fraction of sp³-hybridized carbons (Fsp3) is 0.688. The number of carbonyl (C=O) groups excluding carboxylic acids is 1. The van der Waals surface area contributed by atoms with Crippen LogP contribution in [0.2, 0.25) is 0 Å². The number of amides is 1. The summed E-state index contributed by atoms with van der Waals surface area (Å²) in [7, 11) is 0. The number of hydrogen-bond donors (Lipinski definition) is 2. The van der Waals surface area contributed by atoms with Gasteiger partial charge in [0.1, 0.15) is 5.60 Å².